The summed E-state index contributed by atoms with van der Waals surface area (Å²) < 4.78 is 0.670. The van der Waals surface area contributed by atoms with Crippen LogP contribution in [-0.4, -0.2) is 58.3 Å². The molecule has 0 aromatic carbocycles. The maximum atomic E-state index is 11.9. The van der Waals surface area contributed by atoms with Crippen molar-refractivity contribution in [2.24, 2.45) is 0 Å². The quantitative estimate of drug-likeness (QED) is 0.742. The summed E-state index contributed by atoms with van der Waals surface area (Å²) in [5.41, 5.74) is 0. The summed E-state index contributed by atoms with van der Waals surface area (Å²) in [5, 5.41) is 12.2. The number of likely N-dealkylation sites (tertiary alicyclic amines) is 1. The van der Waals surface area contributed by atoms with Gasteiger partial charge in [-0.3, -0.25) is 9.78 Å². The van der Waals surface area contributed by atoms with Crippen LogP contribution in [0.3, 0.4) is 0 Å². The van der Waals surface area contributed by atoms with Crippen molar-refractivity contribution in [3.8, 4) is 0 Å². The highest BCUT2D eigenvalue weighted by Gasteiger charge is 2.31. The molecule has 6 heteroatoms. The number of nitrogens with zero attached hydrogens (tertiary/aromatic N) is 3. The Bertz CT molecular complexity index is 402. The molecule has 1 saturated heterocycles. The van der Waals surface area contributed by atoms with Gasteiger partial charge in [-0.1, -0.05) is 0 Å². The van der Waals surface area contributed by atoms with Gasteiger partial charge in [0.1, 0.15) is 0 Å². The number of amides is 1. The number of rotatable bonds is 3. The number of aromatic nitrogens is 2. The van der Waals surface area contributed by atoms with E-state index in [9.17, 15) is 9.90 Å². The van der Waals surface area contributed by atoms with Gasteiger partial charge in [-0.2, -0.15) is 0 Å². The molecule has 1 amide bonds. The van der Waals surface area contributed by atoms with Gasteiger partial charge in [0.15, 0.2) is 12.4 Å². The molecule has 0 saturated carbocycles. The predicted octanol–water partition coefficient (Wildman–Crippen LogP) is 0.0164. The summed E-state index contributed by atoms with van der Waals surface area (Å²) in [4.78, 5) is 19.8. The van der Waals surface area contributed by atoms with Crippen molar-refractivity contribution in [3.63, 3.8) is 0 Å². The second-order valence-corrected chi connectivity index (χ2v) is 5.09. The van der Waals surface area contributed by atoms with E-state index >= 15 is 0 Å². The van der Waals surface area contributed by atoms with Gasteiger partial charge in [-0.15, -0.1) is 0 Å². The lowest BCUT2D eigenvalue weighted by atomic mass is 10.1. The highest BCUT2D eigenvalue weighted by atomic mass is 16.3. The number of nitrogens with one attached hydrogen (secondary N) is 1. The lowest BCUT2D eigenvalue weighted by Gasteiger charge is -2.38. The largest absolute Gasteiger partial charge is 0.393 e. The average molecular weight is 251 g/mol. The van der Waals surface area contributed by atoms with Crippen LogP contribution in [0.1, 0.15) is 12.8 Å². The van der Waals surface area contributed by atoms with E-state index in [1.165, 1.54) is 6.20 Å². The first-order valence-electron chi connectivity index (χ1n) is 6.15. The normalized spacial score (nSPS) is 27.8. The molecule has 1 aromatic rings. The zero-order valence-corrected chi connectivity index (χ0v) is 10.5. The molecule has 2 N–H and O–H groups in total. The molecular formula is C12H19N4O2+. The molecule has 0 unspecified atom stereocenters. The fourth-order valence-corrected chi connectivity index (χ4v) is 2.23. The minimum Gasteiger partial charge on any atom is -0.393 e. The number of carbonyl (C=O) groups is 1. The minimum absolute atomic E-state index is 0.0608. The van der Waals surface area contributed by atoms with Crippen molar-refractivity contribution >= 4 is 11.7 Å². The van der Waals surface area contributed by atoms with Crippen LogP contribution >= 0.6 is 0 Å². The number of aliphatic hydroxyl groups excluding tert-OH is 1. The van der Waals surface area contributed by atoms with Gasteiger partial charge in [-0.05, 0) is 0 Å². The zero-order chi connectivity index (χ0) is 13.0. The topological polar surface area (TPSA) is 75.1 Å². The number of aliphatic hydroxyl groups is 1. The second-order valence-electron chi connectivity index (χ2n) is 5.09. The van der Waals surface area contributed by atoms with Gasteiger partial charge < -0.3 is 14.9 Å². The Morgan fingerprint density at radius 2 is 2.22 bits per heavy atom. The van der Waals surface area contributed by atoms with Gasteiger partial charge in [0.2, 0.25) is 0 Å². The molecule has 1 aliphatic rings. The molecule has 0 atom stereocenters. The Morgan fingerprint density at radius 1 is 1.50 bits per heavy atom. The van der Waals surface area contributed by atoms with E-state index in [1.54, 1.807) is 12.4 Å². The van der Waals surface area contributed by atoms with Crippen molar-refractivity contribution in [1.82, 2.24) is 9.97 Å². The van der Waals surface area contributed by atoms with E-state index in [4.69, 9.17) is 0 Å². The number of carbonyl (C=O) groups excluding carboxylic acids is 1. The highest BCUT2D eigenvalue weighted by molar-refractivity contribution is 5.90. The van der Waals surface area contributed by atoms with Gasteiger partial charge >= 0.3 is 0 Å². The number of hydrogen-bond donors (Lipinski definition) is 2. The zero-order valence-electron chi connectivity index (χ0n) is 10.5. The van der Waals surface area contributed by atoms with Crippen molar-refractivity contribution in [1.29, 1.82) is 0 Å². The molecule has 98 valence electrons. The molecule has 2 heterocycles. The van der Waals surface area contributed by atoms with Gasteiger partial charge in [0.05, 0.1) is 32.4 Å². The number of hydrogen-bond acceptors (Lipinski definition) is 4. The van der Waals surface area contributed by atoms with Crippen LogP contribution in [0.2, 0.25) is 0 Å². The van der Waals surface area contributed by atoms with Gasteiger partial charge in [0.25, 0.3) is 5.91 Å². The fraction of sp³-hybridized carbons (Fsp3) is 0.583. The summed E-state index contributed by atoms with van der Waals surface area (Å²) >= 11 is 0. The van der Waals surface area contributed by atoms with Gasteiger partial charge in [0, 0.05) is 25.2 Å². The molecule has 0 radical (unpaired) electrons. The molecular weight excluding hydrogens is 232 g/mol. The van der Waals surface area contributed by atoms with Crippen LogP contribution in [-0.2, 0) is 4.79 Å². The van der Waals surface area contributed by atoms with E-state index in [2.05, 4.69) is 15.3 Å². The molecule has 1 aliphatic heterocycles. The van der Waals surface area contributed by atoms with Crippen LogP contribution < -0.4 is 5.32 Å². The van der Waals surface area contributed by atoms with E-state index in [-0.39, 0.29) is 12.0 Å². The standard InChI is InChI=1S/C12H18N4O2/c1-16(6-2-10(17)3-7-16)9-12(18)15-11-8-13-4-5-14-11/h4-5,8,10,17H,2-3,6-7,9H2,1H3/p+1. The third kappa shape index (κ3) is 3.48. The molecule has 1 aromatic heterocycles. The maximum Gasteiger partial charge on any atom is 0.280 e. The predicted molar refractivity (Wildman–Crippen MR) is 66.7 cm³/mol. The second kappa shape index (κ2) is 5.41. The Hall–Kier alpha value is -1.53. The van der Waals surface area contributed by atoms with E-state index in [0.29, 0.717) is 16.8 Å². The summed E-state index contributed by atoms with van der Waals surface area (Å²) in [5.74, 6) is 0.417. The summed E-state index contributed by atoms with van der Waals surface area (Å²) in [6.07, 6.45) is 5.94. The van der Waals surface area contributed by atoms with Crippen LogP contribution in [0.15, 0.2) is 18.6 Å². The van der Waals surface area contributed by atoms with Crippen LogP contribution in [0.4, 0.5) is 5.82 Å². The Balaban J connectivity index is 1.87. The first kappa shape index (κ1) is 12.9. The maximum absolute atomic E-state index is 11.9. The highest BCUT2D eigenvalue weighted by Crippen LogP contribution is 2.16. The third-order valence-electron chi connectivity index (χ3n) is 3.36. The van der Waals surface area contributed by atoms with Crippen LogP contribution in [0, 0.1) is 0 Å². The molecule has 6 nitrogen and oxygen atoms in total. The summed E-state index contributed by atoms with van der Waals surface area (Å²) in [6.45, 7) is 2.06. The first-order chi connectivity index (χ1) is 8.57. The van der Waals surface area contributed by atoms with Crippen molar-refractivity contribution in [2.75, 3.05) is 32.0 Å². The van der Waals surface area contributed by atoms with E-state index in [0.717, 1.165) is 25.9 Å². The molecule has 1 fully saturated rings. The molecule has 0 spiro atoms. The number of anilines is 1. The van der Waals surface area contributed by atoms with Crippen molar-refractivity contribution in [2.45, 2.75) is 18.9 Å². The summed E-state index contributed by atoms with van der Waals surface area (Å²) in [6, 6.07) is 0. The lowest BCUT2D eigenvalue weighted by molar-refractivity contribution is -0.907. The van der Waals surface area contributed by atoms with Gasteiger partial charge in [-0.25, -0.2) is 4.98 Å². The third-order valence-corrected chi connectivity index (χ3v) is 3.36. The minimum atomic E-state index is -0.209. The molecule has 18 heavy (non-hydrogen) atoms. The molecule has 2 rings (SSSR count). The van der Waals surface area contributed by atoms with Crippen LogP contribution in [0.25, 0.3) is 0 Å². The lowest BCUT2D eigenvalue weighted by Crippen LogP contribution is -2.54. The number of likely N-dealkylation sites (N-methyl/N-ethyl adjacent to an activating group) is 1. The Morgan fingerprint density at radius 3 is 2.83 bits per heavy atom. The van der Waals surface area contributed by atoms with Crippen molar-refractivity contribution < 1.29 is 14.4 Å². The number of quaternary nitrogens is 1. The molecule has 0 aliphatic carbocycles. The molecule has 0 bridgehead atoms. The van der Waals surface area contributed by atoms with E-state index < -0.39 is 0 Å². The fourth-order valence-electron chi connectivity index (χ4n) is 2.23. The Labute approximate surface area is 106 Å². The number of piperidine rings is 1. The first-order valence-corrected chi connectivity index (χ1v) is 6.15. The summed E-state index contributed by atoms with van der Waals surface area (Å²) in [7, 11) is 2.04. The monoisotopic (exact) mass is 251 g/mol. The average Bonchev–Trinajstić information content (AvgIpc) is 2.34. The van der Waals surface area contributed by atoms with Crippen LogP contribution in [0.5, 0.6) is 0 Å². The SMILES string of the molecule is C[N+]1(CC(=O)Nc2cnccn2)CCC(O)CC1. The van der Waals surface area contributed by atoms with Crippen molar-refractivity contribution in [3.05, 3.63) is 18.6 Å². The Kier molecular flexibility index (Phi) is 3.88. The smallest absolute Gasteiger partial charge is 0.280 e. The van der Waals surface area contributed by atoms with E-state index in [1.807, 2.05) is 7.05 Å².